The van der Waals surface area contributed by atoms with Gasteiger partial charge in [0.2, 0.25) is 5.91 Å². The molecule has 0 spiro atoms. The van der Waals surface area contributed by atoms with Crippen LogP contribution in [0.3, 0.4) is 0 Å². The number of aromatic nitrogens is 2. The van der Waals surface area contributed by atoms with Crippen LogP contribution >= 0.6 is 0 Å². The van der Waals surface area contributed by atoms with Crippen LogP contribution in [-0.2, 0) is 34.9 Å². The van der Waals surface area contributed by atoms with Crippen LogP contribution in [-0.4, -0.2) is 41.5 Å². The molecular weight excluding hydrogens is 306 g/mol. The molecule has 2 heterocycles. The van der Waals surface area contributed by atoms with E-state index < -0.39 is 10.2 Å². The van der Waals surface area contributed by atoms with Crippen molar-refractivity contribution in [3.05, 3.63) is 11.3 Å². The largest absolute Gasteiger partial charge is 0.310 e. The highest BCUT2D eigenvalue weighted by Gasteiger charge is 2.30. The van der Waals surface area contributed by atoms with Gasteiger partial charge in [-0.2, -0.15) is 17.8 Å². The number of hydrogen-bond donors (Lipinski definition) is 2. The topological polar surface area (TPSA) is 110 Å². The van der Waals surface area contributed by atoms with Gasteiger partial charge >= 0.3 is 0 Å². The van der Waals surface area contributed by atoms with E-state index in [1.807, 2.05) is 7.05 Å². The second-order valence-corrected chi connectivity index (χ2v) is 7.50. The van der Waals surface area contributed by atoms with E-state index in [1.165, 1.54) is 4.31 Å². The van der Waals surface area contributed by atoms with Crippen LogP contribution in [0.1, 0.15) is 30.5 Å². The number of carbonyl (C=O) groups is 1. The van der Waals surface area contributed by atoms with Gasteiger partial charge in [-0.15, -0.1) is 0 Å². The minimum absolute atomic E-state index is 0.0632. The molecule has 9 heteroatoms. The fourth-order valence-corrected chi connectivity index (χ4v) is 3.99. The van der Waals surface area contributed by atoms with Gasteiger partial charge in [-0.05, 0) is 32.1 Å². The van der Waals surface area contributed by atoms with Gasteiger partial charge in [0.25, 0.3) is 10.2 Å². The summed E-state index contributed by atoms with van der Waals surface area (Å²) in [5, 5.41) is 12.5. The van der Waals surface area contributed by atoms with Crippen molar-refractivity contribution in [3.8, 4) is 0 Å². The smallest absolute Gasteiger partial charge is 0.276 e. The Balaban J connectivity index is 1.64. The summed E-state index contributed by atoms with van der Waals surface area (Å²) in [4.78, 5) is 12.4. The Hall–Kier alpha value is -1.45. The third kappa shape index (κ3) is 2.88. The Morgan fingerprint density at radius 1 is 1.32 bits per heavy atom. The summed E-state index contributed by atoms with van der Waals surface area (Å²) in [6, 6.07) is 0. The fraction of sp³-hybridized carbons (Fsp3) is 0.692. The Morgan fingerprint density at radius 2 is 2.00 bits per heavy atom. The van der Waals surface area contributed by atoms with E-state index in [2.05, 4.69) is 10.4 Å². The summed E-state index contributed by atoms with van der Waals surface area (Å²) in [5.74, 6) is 0.531. The van der Waals surface area contributed by atoms with Crippen molar-refractivity contribution in [2.75, 3.05) is 18.4 Å². The van der Waals surface area contributed by atoms with Crippen molar-refractivity contribution >= 4 is 21.9 Å². The van der Waals surface area contributed by atoms with Gasteiger partial charge in [-0.3, -0.25) is 9.48 Å². The van der Waals surface area contributed by atoms with Crippen molar-refractivity contribution in [2.24, 2.45) is 18.1 Å². The van der Waals surface area contributed by atoms with E-state index in [4.69, 9.17) is 5.14 Å². The number of piperidine rings is 1. The van der Waals surface area contributed by atoms with Gasteiger partial charge in [0, 0.05) is 31.6 Å². The van der Waals surface area contributed by atoms with Crippen molar-refractivity contribution in [1.29, 1.82) is 0 Å². The van der Waals surface area contributed by atoms with Gasteiger partial charge < -0.3 is 5.32 Å². The van der Waals surface area contributed by atoms with Gasteiger partial charge in [-0.25, -0.2) is 5.14 Å². The quantitative estimate of drug-likeness (QED) is 0.798. The molecule has 1 aromatic heterocycles. The predicted octanol–water partition coefficient (Wildman–Crippen LogP) is -0.237. The molecule has 0 aromatic carbocycles. The van der Waals surface area contributed by atoms with Crippen molar-refractivity contribution in [3.63, 3.8) is 0 Å². The van der Waals surface area contributed by atoms with E-state index in [0.717, 1.165) is 36.3 Å². The number of nitrogens with zero attached hydrogens (tertiary/aromatic N) is 3. The summed E-state index contributed by atoms with van der Waals surface area (Å²) in [5.41, 5.74) is 2.21. The first-order chi connectivity index (χ1) is 10.4. The maximum atomic E-state index is 12.4. The van der Waals surface area contributed by atoms with Crippen LogP contribution < -0.4 is 10.5 Å². The van der Waals surface area contributed by atoms with E-state index >= 15 is 0 Å². The lowest BCUT2D eigenvalue weighted by Crippen LogP contribution is -2.44. The normalized spacial score (nSPS) is 20.1. The summed E-state index contributed by atoms with van der Waals surface area (Å²) in [6.07, 6.45) is 3.97. The van der Waals surface area contributed by atoms with Crippen LogP contribution in [0.4, 0.5) is 5.82 Å². The molecule has 0 atom stereocenters. The fourth-order valence-electron chi connectivity index (χ4n) is 3.27. The number of fused-ring (bicyclic) bond motifs is 1. The maximum absolute atomic E-state index is 12.4. The highest BCUT2D eigenvalue weighted by molar-refractivity contribution is 7.86. The van der Waals surface area contributed by atoms with Crippen molar-refractivity contribution in [2.45, 2.75) is 32.1 Å². The standard InChI is InChI=1S/C13H21N5O3S/c1-17-12(10-3-2-4-11(10)16-17)15-13(19)9-5-7-18(8-6-9)22(14,20)21/h9H,2-8H2,1H3,(H,15,19)(H2,14,20,21). The number of hydrogen-bond acceptors (Lipinski definition) is 4. The Kier molecular flexibility index (Phi) is 3.96. The van der Waals surface area contributed by atoms with E-state index in [0.29, 0.717) is 25.9 Å². The third-order valence-corrected chi connectivity index (χ3v) is 5.58. The molecule has 2 aliphatic rings. The molecular formula is C13H21N5O3S. The molecule has 8 nitrogen and oxygen atoms in total. The molecule has 1 aliphatic carbocycles. The minimum Gasteiger partial charge on any atom is -0.310 e. The van der Waals surface area contributed by atoms with Crippen LogP contribution in [0, 0.1) is 5.92 Å². The van der Waals surface area contributed by atoms with Crippen LogP contribution in [0.5, 0.6) is 0 Å². The molecule has 3 N–H and O–H groups in total. The lowest BCUT2D eigenvalue weighted by molar-refractivity contribution is -0.121. The number of rotatable bonds is 3. The zero-order chi connectivity index (χ0) is 15.9. The average molecular weight is 327 g/mol. The first-order valence-electron chi connectivity index (χ1n) is 7.49. The van der Waals surface area contributed by atoms with Crippen molar-refractivity contribution in [1.82, 2.24) is 14.1 Å². The molecule has 3 rings (SSSR count). The summed E-state index contributed by atoms with van der Waals surface area (Å²) >= 11 is 0. The first kappa shape index (κ1) is 15.4. The Labute approximate surface area is 129 Å². The molecule has 0 bridgehead atoms. The average Bonchev–Trinajstić information content (AvgIpc) is 3.01. The molecule has 22 heavy (non-hydrogen) atoms. The molecule has 1 aromatic rings. The number of aryl methyl sites for hydroxylation is 2. The molecule has 1 fully saturated rings. The molecule has 0 radical (unpaired) electrons. The van der Waals surface area contributed by atoms with Crippen LogP contribution in [0.25, 0.3) is 0 Å². The minimum atomic E-state index is -3.65. The maximum Gasteiger partial charge on any atom is 0.276 e. The lowest BCUT2D eigenvalue weighted by atomic mass is 9.97. The lowest BCUT2D eigenvalue weighted by Gasteiger charge is -2.29. The van der Waals surface area contributed by atoms with Gasteiger partial charge in [0.05, 0.1) is 5.69 Å². The molecule has 1 amide bonds. The zero-order valence-corrected chi connectivity index (χ0v) is 13.4. The van der Waals surface area contributed by atoms with E-state index in [9.17, 15) is 13.2 Å². The zero-order valence-electron chi connectivity index (χ0n) is 12.6. The monoisotopic (exact) mass is 327 g/mol. The number of amides is 1. The molecule has 0 saturated carbocycles. The van der Waals surface area contributed by atoms with E-state index in [-0.39, 0.29) is 11.8 Å². The van der Waals surface area contributed by atoms with Crippen LogP contribution in [0.2, 0.25) is 0 Å². The Bertz CT molecular complexity index is 689. The molecule has 1 aliphatic heterocycles. The summed E-state index contributed by atoms with van der Waals surface area (Å²) < 4.78 is 25.5. The number of carbonyl (C=O) groups excluding carboxylic acids is 1. The SMILES string of the molecule is Cn1nc2c(c1NC(=O)C1CCN(S(N)(=O)=O)CC1)CCC2. The number of anilines is 1. The second kappa shape index (κ2) is 5.64. The van der Waals surface area contributed by atoms with Gasteiger partial charge in [0.15, 0.2) is 0 Å². The second-order valence-electron chi connectivity index (χ2n) is 5.96. The molecule has 1 saturated heterocycles. The van der Waals surface area contributed by atoms with Crippen molar-refractivity contribution < 1.29 is 13.2 Å². The Morgan fingerprint density at radius 3 is 2.64 bits per heavy atom. The molecule has 122 valence electrons. The first-order valence-corrected chi connectivity index (χ1v) is 9.00. The highest BCUT2D eigenvalue weighted by Crippen LogP contribution is 2.29. The number of nitrogens with two attached hydrogens (primary N) is 1. The summed E-state index contributed by atoms with van der Waals surface area (Å²) in [7, 11) is -1.82. The highest BCUT2D eigenvalue weighted by atomic mass is 32.2. The van der Waals surface area contributed by atoms with Gasteiger partial charge in [0.1, 0.15) is 5.82 Å². The molecule has 0 unspecified atom stereocenters. The number of nitrogens with one attached hydrogen (secondary N) is 1. The summed E-state index contributed by atoms with van der Waals surface area (Å²) in [6.45, 7) is 0.584. The van der Waals surface area contributed by atoms with E-state index in [1.54, 1.807) is 4.68 Å². The van der Waals surface area contributed by atoms with Gasteiger partial charge in [-0.1, -0.05) is 0 Å². The predicted molar refractivity (Wildman–Crippen MR) is 81.3 cm³/mol. The van der Waals surface area contributed by atoms with Crippen LogP contribution in [0.15, 0.2) is 0 Å². The third-order valence-electron chi connectivity index (χ3n) is 4.50.